The van der Waals surface area contributed by atoms with E-state index < -0.39 is 0 Å². The van der Waals surface area contributed by atoms with Crippen molar-refractivity contribution in [1.82, 2.24) is 0 Å². The molecule has 0 fully saturated rings. The fraction of sp³-hybridized carbons (Fsp3) is 0.639. The summed E-state index contributed by atoms with van der Waals surface area (Å²) in [6, 6.07) is 16.2. The Labute approximate surface area is 524 Å². The van der Waals surface area contributed by atoms with Gasteiger partial charge >= 0.3 is 0 Å². The Morgan fingerprint density at radius 3 is 1.20 bits per heavy atom. The van der Waals surface area contributed by atoms with Crippen LogP contribution in [-0.2, 0) is 51.8 Å². The molecule has 0 saturated heterocycles. The Balaban J connectivity index is 0.000000809. The van der Waals surface area contributed by atoms with E-state index >= 15 is 0 Å². The minimum Gasteiger partial charge on any atom is -0.507 e. The maximum atomic E-state index is 11.2. The Hall–Kier alpha value is -4.10. The van der Waals surface area contributed by atoms with E-state index in [4.69, 9.17) is 0 Å². The van der Waals surface area contributed by atoms with Crippen LogP contribution in [0.25, 0.3) is 0 Å². The summed E-state index contributed by atoms with van der Waals surface area (Å²) < 4.78 is 0. The van der Waals surface area contributed by atoms with E-state index in [1.54, 1.807) is 5.57 Å². The zero-order valence-electron chi connectivity index (χ0n) is 61.1. The molecule has 0 spiro atoms. The molecule has 1 nitrogen and oxygen atoms in total. The minimum atomic E-state index is -0.105. The molecule has 1 heteroatoms. The molecule has 84 heavy (non-hydrogen) atoms. The Kier molecular flexibility index (Phi) is 29.4. The molecule has 0 amide bonds. The molecule has 0 aliphatic carbocycles. The molecule has 0 radical (unpaired) electrons. The van der Waals surface area contributed by atoms with Crippen LogP contribution in [0, 0.1) is 29.1 Å². The summed E-state index contributed by atoms with van der Waals surface area (Å²) in [4.78, 5) is 0. The van der Waals surface area contributed by atoms with E-state index in [0.29, 0.717) is 17.1 Å². The molecule has 1 unspecified atom stereocenters. The van der Waals surface area contributed by atoms with Crippen LogP contribution in [0.4, 0.5) is 0 Å². The third kappa shape index (κ3) is 25.3. The Bertz CT molecular complexity index is 2530. The predicted molar refractivity (Wildman–Crippen MR) is 382 cm³/mol. The van der Waals surface area contributed by atoms with Gasteiger partial charge in [-0.05, 0) is 207 Å². The van der Waals surface area contributed by atoms with Gasteiger partial charge < -0.3 is 5.11 Å². The zero-order valence-corrected chi connectivity index (χ0v) is 61.1. The first-order chi connectivity index (χ1) is 38.0. The number of benzene rings is 3. The minimum absolute atomic E-state index is 0.105. The second-order valence-electron chi connectivity index (χ2n) is 34.0. The van der Waals surface area contributed by atoms with Crippen LogP contribution in [0.1, 0.15) is 320 Å². The summed E-state index contributed by atoms with van der Waals surface area (Å²) >= 11 is 0. The van der Waals surface area contributed by atoms with Crippen molar-refractivity contribution in [3.05, 3.63) is 171 Å². The maximum Gasteiger partial charge on any atom is 0.123 e. The van der Waals surface area contributed by atoms with Gasteiger partial charge in [-0.25, -0.2) is 0 Å². The van der Waals surface area contributed by atoms with Crippen molar-refractivity contribution >= 4 is 0 Å². The van der Waals surface area contributed by atoms with Crippen molar-refractivity contribution in [3.63, 3.8) is 0 Å². The smallest absolute Gasteiger partial charge is 0.123 e. The second-order valence-corrected chi connectivity index (χ2v) is 34.0. The second kappa shape index (κ2) is 31.7. The van der Waals surface area contributed by atoms with E-state index in [-0.39, 0.29) is 43.3 Å². The molecule has 0 aliphatic rings. The van der Waals surface area contributed by atoms with Crippen molar-refractivity contribution < 1.29 is 5.11 Å². The molecule has 0 aromatic heterocycles. The summed E-state index contributed by atoms with van der Waals surface area (Å²) in [6.45, 7) is 83.3. The van der Waals surface area contributed by atoms with Gasteiger partial charge in [-0.2, -0.15) is 0 Å². The standard InChI is InChI=1S/C48H82O.C18H28.C17H26/c1-19-29-48(30-20-2,31-27-35(4)23-22-24-40(45(10,11)12)37(6)39(21-3)44(7,8)9)32-28-36(5)25-26-38-33-41(46(13,14)15)43(49)42(34-38)47(16,17)18;1-9-10-14-11-15(17(3,4)5)13(2)16(12-14)18(6,7)8;1-8-9-13-10-14(16(2,3)4)12-15(11-13)17(5,6)7/h22,24,33-34,39,49H,4-5,19-21,23,25-32H2,1-3,6-18H3;9,11-12H,1,10H2,2-8H3;8,10-12H,1,9H2,2-7H3/b24-22+,40-37+;;. The topological polar surface area (TPSA) is 20.2 Å². The van der Waals surface area contributed by atoms with Crippen LogP contribution in [0.15, 0.2) is 115 Å². The maximum absolute atomic E-state index is 11.2. The highest BCUT2D eigenvalue weighted by molar-refractivity contribution is 5.50. The highest BCUT2D eigenvalue weighted by Crippen LogP contribution is 2.45. The number of hydrogen-bond acceptors (Lipinski definition) is 1. The number of allylic oxidation sites excluding steroid dienone is 8. The molecule has 3 aromatic carbocycles. The normalized spacial score (nSPS) is 13.8. The summed E-state index contributed by atoms with van der Waals surface area (Å²) in [5, 5.41) is 11.2. The van der Waals surface area contributed by atoms with E-state index in [1.165, 1.54) is 106 Å². The lowest BCUT2D eigenvalue weighted by Crippen LogP contribution is -2.24. The molecular formula is C83H136O. The largest absolute Gasteiger partial charge is 0.507 e. The van der Waals surface area contributed by atoms with Gasteiger partial charge in [-0.1, -0.05) is 296 Å². The SMILES string of the molecule is C=C(C/C=C/C(=C(/C)C(CC)C(C)(C)C)C(C)(C)C)CCC(CCC)(CCC)CCC(=C)CCc1cc(C(C)(C)C)c(O)c(C(C)(C)C)c1.C=CCc1cc(C(C)(C)C)c(C)c(C(C)(C)C)c1.C=CCc1cc(C(C)(C)C)cc(C(C)(C)C)c1. The number of phenolic OH excluding ortho intramolecular Hbond substituents is 1. The molecule has 1 N–H and O–H groups in total. The quantitative estimate of drug-likeness (QED) is 0.0785. The monoisotopic (exact) mass is 1150 g/mol. The van der Waals surface area contributed by atoms with Crippen molar-refractivity contribution in [3.8, 4) is 5.75 Å². The van der Waals surface area contributed by atoms with Crippen LogP contribution >= 0.6 is 0 Å². The number of aryl methyl sites for hydroxylation is 1. The van der Waals surface area contributed by atoms with E-state index in [2.05, 4.69) is 282 Å². The fourth-order valence-corrected chi connectivity index (χ4v) is 12.8. The van der Waals surface area contributed by atoms with Crippen LogP contribution < -0.4 is 0 Å². The van der Waals surface area contributed by atoms with Crippen LogP contribution in [0.5, 0.6) is 5.75 Å². The van der Waals surface area contributed by atoms with Gasteiger partial charge in [0.1, 0.15) is 5.75 Å². The van der Waals surface area contributed by atoms with Crippen LogP contribution in [0.2, 0.25) is 0 Å². The van der Waals surface area contributed by atoms with Gasteiger partial charge in [-0.3, -0.25) is 0 Å². The van der Waals surface area contributed by atoms with Crippen LogP contribution in [-0.4, -0.2) is 5.11 Å². The van der Waals surface area contributed by atoms with Crippen LogP contribution in [0.3, 0.4) is 0 Å². The Morgan fingerprint density at radius 2 is 0.869 bits per heavy atom. The first-order valence-corrected chi connectivity index (χ1v) is 33.1. The lowest BCUT2D eigenvalue weighted by molar-refractivity contribution is 0.194. The molecule has 0 bridgehead atoms. The summed E-state index contributed by atoms with van der Waals surface area (Å²) in [5.74, 6) is 1.05. The summed E-state index contributed by atoms with van der Waals surface area (Å²) in [7, 11) is 0. The van der Waals surface area contributed by atoms with Gasteiger partial charge in [0.2, 0.25) is 0 Å². The zero-order chi connectivity index (χ0) is 65.4. The highest BCUT2D eigenvalue weighted by Gasteiger charge is 2.32. The van der Waals surface area contributed by atoms with Crippen molar-refractivity contribution in [2.45, 2.75) is 323 Å². The molecular weight excluding hydrogens is 1010 g/mol. The van der Waals surface area contributed by atoms with E-state index in [9.17, 15) is 5.11 Å². The number of aromatic hydroxyl groups is 1. The summed E-state index contributed by atoms with van der Waals surface area (Å²) in [5.41, 5.74) is 20.5. The average Bonchev–Trinajstić information content (AvgIpc) is 2.51. The molecule has 3 rings (SSSR count). The number of phenols is 1. The number of hydrogen-bond donors (Lipinski definition) is 1. The van der Waals surface area contributed by atoms with Gasteiger partial charge in [0.05, 0.1) is 0 Å². The molecule has 474 valence electrons. The van der Waals surface area contributed by atoms with Crippen molar-refractivity contribution in [2.75, 3.05) is 0 Å². The Morgan fingerprint density at radius 1 is 0.488 bits per heavy atom. The predicted octanol–water partition coefficient (Wildman–Crippen LogP) is 25.9. The van der Waals surface area contributed by atoms with Gasteiger partial charge in [0.25, 0.3) is 0 Å². The highest BCUT2D eigenvalue weighted by atomic mass is 16.3. The van der Waals surface area contributed by atoms with Crippen molar-refractivity contribution in [2.24, 2.45) is 22.2 Å². The molecule has 0 aliphatic heterocycles. The number of rotatable bonds is 22. The first kappa shape index (κ1) is 77.9. The van der Waals surface area contributed by atoms with E-state index in [0.717, 1.165) is 56.1 Å². The van der Waals surface area contributed by atoms with E-state index in [1.807, 2.05) is 12.2 Å². The van der Waals surface area contributed by atoms with Crippen molar-refractivity contribution in [1.29, 1.82) is 0 Å². The third-order valence-corrected chi connectivity index (χ3v) is 17.6. The third-order valence-electron chi connectivity index (χ3n) is 17.6. The molecule has 0 saturated carbocycles. The lowest BCUT2D eigenvalue weighted by atomic mass is 9.70. The fourth-order valence-electron chi connectivity index (χ4n) is 12.8. The van der Waals surface area contributed by atoms with Gasteiger partial charge in [0, 0.05) is 0 Å². The summed E-state index contributed by atoms with van der Waals surface area (Å²) in [6.07, 6.45) is 24.4. The first-order valence-electron chi connectivity index (χ1n) is 33.1. The molecule has 0 heterocycles. The lowest BCUT2D eigenvalue weighted by Gasteiger charge is -2.35. The molecule has 1 atom stereocenters. The van der Waals surface area contributed by atoms with Gasteiger partial charge in [-0.15, -0.1) is 13.2 Å². The van der Waals surface area contributed by atoms with Gasteiger partial charge in [0.15, 0.2) is 0 Å². The molecule has 3 aromatic rings. The average molecular weight is 1150 g/mol.